The predicted molar refractivity (Wildman–Crippen MR) is 92.3 cm³/mol. The second-order valence-electron chi connectivity index (χ2n) is 6.51. The van der Waals surface area contributed by atoms with Gasteiger partial charge in [-0.2, -0.15) is 0 Å². The molecule has 23 heavy (non-hydrogen) atoms. The molecule has 4 heteroatoms. The number of hydrogen-bond donors (Lipinski definition) is 1. The largest absolute Gasteiger partial charge is 0.478 e. The van der Waals surface area contributed by atoms with Gasteiger partial charge in [-0.05, 0) is 34.7 Å². The monoisotopic (exact) mass is 332 g/mol. The minimum atomic E-state index is -1.01. The molecule has 0 saturated heterocycles. The third-order valence-electron chi connectivity index (χ3n) is 3.64. The Kier molecular flexibility index (Phi) is 5.32. The first kappa shape index (κ1) is 17.4. The zero-order chi connectivity index (χ0) is 17.0. The van der Waals surface area contributed by atoms with Gasteiger partial charge in [0.25, 0.3) is 0 Å². The number of aliphatic carboxylic acids is 1. The molecule has 0 amide bonds. The van der Waals surface area contributed by atoms with Crippen LogP contribution in [0.4, 0.5) is 0 Å². The summed E-state index contributed by atoms with van der Waals surface area (Å²) >= 11 is 6.10. The summed E-state index contributed by atoms with van der Waals surface area (Å²) in [5, 5.41) is 9.95. The molecule has 1 atom stereocenters. The maximum absolute atomic E-state index is 11.5. The maximum Gasteiger partial charge on any atom is 0.345 e. The molecule has 0 unspecified atom stereocenters. The number of rotatable bonds is 5. The predicted octanol–water partition coefficient (Wildman–Crippen LogP) is 4.71. The summed E-state index contributed by atoms with van der Waals surface area (Å²) in [5.74, 6) is -0.470. The molecule has 0 aromatic heterocycles. The van der Waals surface area contributed by atoms with Crippen molar-refractivity contribution in [1.29, 1.82) is 0 Å². The summed E-state index contributed by atoms with van der Waals surface area (Å²) in [5.41, 5.74) is 1.97. The van der Waals surface area contributed by atoms with Crippen LogP contribution in [0.15, 0.2) is 48.5 Å². The molecule has 0 bridgehead atoms. The zero-order valence-electron chi connectivity index (χ0n) is 13.5. The Hall–Kier alpha value is -2.00. The summed E-state index contributed by atoms with van der Waals surface area (Å²) in [6.07, 6.45) is -0.758. The van der Waals surface area contributed by atoms with Gasteiger partial charge in [0.15, 0.2) is 6.10 Å². The standard InChI is InChI=1S/C19H21ClO3/c1-19(2,3)14-8-10-15(11-9-14)23-17(18(21)22)12-13-6-4-5-7-16(13)20/h4-11,17H,12H2,1-3H3,(H,21,22)/t17-/m1/s1. The van der Waals surface area contributed by atoms with Crippen molar-refractivity contribution in [3.8, 4) is 5.75 Å². The number of halogens is 1. The molecule has 0 fully saturated rings. The fourth-order valence-corrected chi connectivity index (χ4v) is 2.45. The number of carboxylic acids is 1. The first-order valence-corrected chi connectivity index (χ1v) is 7.88. The van der Waals surface area contributed by atoms with E-state index < -0.39 is 12.1 Å². The van der Waals surface area contributed by atoms with E-state index >= 15 is 0 Å². The smallest absolute Gasteiger partial charge is 0.345 e. The van der Waals surface area contributed by atoms with E-state index in [0.29, 0.717) is 10.8 Å². The Morgan fingerprint density at radius 3 is 2.26 bits per heavy atom. The number of ether oxygens (including phenoxy) is 1. The van der Waals surface area contributed by atoms with Crippen molar-refractivity contribution in [3.05, 3.63) is 64.7 Å². The molecular formula is C19H21ClO3. The van der Waals surface area contributed by atoms with E-state index in [-0.39, 0.29) is 11.8 Å². The van der Waals surface area contributed by atoms with Crippen LogP contribution >= 0.6 is 11.6 Å². The topological polar surface area (TPSA) is 46.5 Å². The highest BCUT2D eigenvalue weighted by Gasteiger charge is 2.21. The lowest BCUT2D eigenvalue weighted by Gasteiger charge is -2.20. The quantitative estimate of drug-likeness (QED) is 0.862. The third kappa shape index (κ3) is 4.73. The fourth-order valence-electron chi connectivity index (χ4n) is 2.24. The SMILES string of the molecule is CC(C)(C)c1ccc(O[C@H](Cc2ccccc2Cl)C(=O)O)cc1. The molecule has 0 heterocycles. The van der Waals surface area contributed by atoms with Crippen molar-refractivity contribution in [2.24, 2.45) is 0 Å². The van der Waals surface area contributed by atoms with Crippen molar-refractivity contribution in [1.82, 2.24) is 0 Å². The van der Waals surface area contributed by atoms with Crippen molar-refractivity contribution in [2.75, 3.05) is 0 Å². The fraction of sp³-hybridized carbons (Fsp3) is 0.316. The lowest BCUT2D eigenvalue weighted by atomic mass is 9.87. The van der Waals surface area contributed by atoms with Crippen LogP contribution in [0.3, 0.4) is 0 Å². The molecular weight excluding hydrogens is 312 g/mol. The number of carbonyl (C=O) groups is 1. The minimum absolute atomic E-state index is 0.0439. The van der Waals surface area contributed by atoms with Gasteiger partial charge in [0.2, 0.25) is 0 Å². The Bertz CT molecular complexity index is 672. The second-order valence-corrected chi connectivity index (χ2v) is 6.92. The van der Waals surface area contributed by atoms with E-state index in [2.05, 4.69) is 20.8 Å². The van der Waals surface area contributed by atoms with Gasteiger partial charge in [-0.25, -0.2) is 4.79 Å². The highest BCUT2D eigenvalue weighted by atomic mass is 35.5. The average molecular weight is 333 g/mol. The van der Waals surface area contributed by atoms with Crippen molar-refractivity contribution >= 4 is 17.6 Å². The number of benzene rings is 2. The van der Waals surface area contributed by atoms with Crippen LogP contribution in [0.5, 0.6) is 5.75 Å². The highest BCUT2D eigenvalue weighted by molar-refractivity contribution is 6.31. The lowest BCUT2D eigenvalue weighted by Crippen LogP contribution is -2.29. The van der Waals surface area contributed by atoms with Crippen LogP contribution in [-0.2, 0) is 16.6 Å². The first-order chi connectivity index (χ1) is 10.8. The van der Waals surface area contributed by atoms with Crippen molar-refractivity contribution in [3.63, 3.8) is 0 Å². The molecule has 1 N–H and O–H groups in total. The molecule has 2 aromatic carbocycles. The number of hydrogen-bond acceptors (Lipinski definition) is 2. The summed E-state index contributed by atoms with van der Waals surface area (Å²) in [7, 11) is 0. The van der Waals surface area contributed by atoms with Crippen LogP contribution in [0, 0.1) is 0 Å². The first-order valence-electron chi connectivity index (χ1n) is 7.51. The van der Waals surface area contributed by atoms with Crippen LogP contribution in [-0.4, -0.2) is 17.2 Å². The van der Waals surface area contributed by atoms with Crippen LogP contribution < -0.4 is 4.74 Å². The summed E-state index contributed by atoms with van der Waals surface area (Å²) < 4.78 is 5.64. The van der Waals surface area contributed by atoms with Crippen LogP contribution in [0.2, 0.25) is 5.02 Å². The molecule has 2 rings (SSSR count). The van der Waals surface area contributed by atoms with Gasteiger partial charge in [0.05, 0.1) is 0 Å². The Labute approximate surface area is 141 Å². The molecule has 3 nitrogen and oxygen atoms in total. The van der Waals surface area contributed by atoms with E-state index in [1.807, 2.05) is 42.5 Å². The molecule has 2 aromatic rings. The molecule has 0 aliphatic rings. The maximum atomic E-state index is 11.5. The van der Waals surface area contributed by atoms with Gasteiger partial charge in [-0.3, -0.25) is 0 Å². The normalized spacial score (nSPS) is 12.7. The number of carboxylic acid groups (broad SMARTS) is 1. The summed E-state index contributed by atoms with van der Waals surface area (Å²) in [4.78, 5) is 11.5. The Balaban J connectivity index is 2.14. The van der Waals surface area contributed by atoms with Gasteiger partial charge in [0.1, 0.15) is 5.75 Å². The Morgan fingerprint density at radius 1 is 1.13 bits per heavy atom. The molecule has 0 aliphatic heterocycles. The zero-order valence-corrected chi connectivity index (χ0v) is 14.3. The lowest BCUT2D eigenvalue weighted by molar-refractivity contribution is -0.145. The van der Waals surface area contributed by atoms with E-state index in [0.717, 1.165) is 5.56 Å². The van der Waals surface area contributed by atoms with Crippen LogP contribution in [0.1, 0.15) is 31.9 Å². The molecule has 0 radical (unpaired) electrons. The van der Waals surface area contributed by atoms with Crippen molar-refractivity contribution in [2.45, 2.75) is 38.7 Å². The van der Waals surface area contributed by atoms with E-state index in [9.17, 15) is 9.90 Å². The summed E-state index contributed by atoms with van der Waals surface area (Å²) in [6.45, 7) is 6.38. The minimum Gasteiger partial charge on any atom is -0.478 e. The second kappa shape index (κ2) is 7.05. The molecule has 0 aliphatic carbocycles. The van der Waals surface area contributed by atoms with E-state index in [4.69, 9.17) is 16.3 Å². The average Bonchev–Trinajstić information content (AvgIpc) is 2.48. The Morgan fingerprint density at radius 2 is 1.74 bits per heavy atom. The third-order valence-corrected chi connectivity index (χ3v) is 4.01. The van der Waals surface area contributed by atoms with Crippen LogP contribution in [0.25, 0.3) is 0 Å². The van der Waals surface area contributed by atoms with Gasteiger partial charge >= 0.3 is 5.97 Å². The van der Waals surface area contributed by atoms with E-state index in [1.165, 1.54) is 5.56 Å². The highest BCUT2D eigenvalue weighted by Crippen LogP contribution is 2.25. The van der Waals surface area contributed by atoms with E-state index in [1.54, 1.807) is 6.07 Å². The van der Waals surface area contributed by atoms with Gasteiger partial charge in [0, 0.05) is 11.4 Å². The van der Waals surface area contributed by atoms with Gasteiger partial charge in [-0.15, -0.1) is 0 Å². The van der Waals surface area contributed by atoms with Gasteiger partial charge in [-0.1, -0.05) is 62.7 Å². The summed E-state index contributed by atoms with van der Waals surface area (Å²) in [6, 6.07) is 14.7. The molecule has 122 valence electrons. The van der Waals surface area contributed by atoms with Gasteiger partial charge < -0.3 is 9.84 Å². The van der Waals surface area contributed by atoms with Crippen molar-refractivity contribution < 1.29 is 14.6 Å². The molecule has 0 saturated carbocycles. The molecule has 0 spiro atoms.